The lowest BCUT2D eigenvalue weighted by Crippen LogP contribution is -2.24. The first-order chi connectivity index (χ1) is 8.26. The molecule has 1 saturated carbocycles. The maximum absolute atomic E-state index is 9.16. The molecule has 1 aliphatic carbocycles. The summed E-state index contributed by atoms with van der Waals surface area (Å²) in [5.74, 6) is 0.828. The second-order valence-corrected chi connectivity index (χ2v) is 5.11. The largest absolute Gasteiger partial charge is 0.394 e. The first-order valence-electron chi connectivity index (χ1n) is 6.64. The molecule has 17 heavy (non-hydrogen) atoms. The zero-order valence-corrected chi connectivity index (χ0v) is 10.5. The third-order valence-corrected chi connectivity index (χ3v) is 4.00. The Morgan fingerprint density at radius 1 is 1.59 bits per heavy atom. The van der Waals surface area contributed by atoms with Gasteiger partial charge in [0.2, 0.25) is 0 Å². The highest BCUT2D eigenvalue weighted by Gasteiger charge is 2.24. The van der Waals surface area contributed by atoms with Gasteiger partial charge in [-0.2, -0.15) is 0 Å². The Kier molecular flexibility index (Phi) is 4.18. The van der Waals surface area contributed by atoms with Crippen LogP contribution in [0.4, 0.5) is 0 Å². The summed E-state index contributed by atoms with van der Waals surface area (Å²) in [6.07, 6.45) is 9.98. The summed E-state index contributed by atoms with van der Waals surface area (Å²) < 4.78 is 2.18. The number of nitrogens with two attached hydrogens (primary N) is 1. The number of nitrogens with zero attached hydrogens (tertiary/aromatic N) is 2. The van der Waals surface area contributed by atoms with Gasteiger partial charge in [-0.3, -0.25) is 0 Å². The van der Waals surface area contributed by atoms with Crippen molar-refractivity contribution in [1.82, 2.24) is 9.55 Å². The van der Waals surface area contributed by atoms with Crippen LogP contribution in [-0.4, -0.2) is 21.3 Å². The second-order valence-electron chi connectivity index (χ2n) is 5.11. The van der Waals surface area contributed by atoms with Gasteiger partial charge in [0.05, 0.1) is 24.7 Å². The Balaban J connectivity index is 2.13. The zero-order chi connectivity index (χ0) is 12.3. The Bertz CT molecular complexity index is 350. The average molecular weight is 237 g/mol. The minimum atomic E-state index is -0.306. The molecular formula is C13H23N3O. The molecule has 1 aromatic heterocycles. The van der Waals surface area contributed by atoms with Crippen LogP contribution in [0.3, 0.4) is 0 Å². The Morgan fingerprint density at radius 3 is 3.12 bits per heavy atom. The first-order valence-corrected chi connectivity index (χ1v) is 6.64. The van der Waals surface area contributed by atoms with Gasteiger partial charge in [0.1, 0.15) is 0 Å². The monoisotopic (exact) mass is 237 g/mol. The molecule has 0 saturated heterocycles. The highest BCUT2D eigenvalue weighted by atomic mass is 16.3. The third-order valence-electron chi connectivity index (χ3n) is 4.00. The summed E-state index contributed by atoms with van der Waals surface area (Å²) in [4.78, 5) is 4.19. The van der Waals surface area contributed by atoms with Crippen molar-refractivity contribution in [3.8, 4) is 0 Å². The normalized spacial score (nSPS) is 27.0. The molecule has 1 heterocycles. The van der Waals surface area contributed by atoms with Crippen LogP contribution in [0, 0.1) is 5.92 Å². The topological polar surface area (TPSA) is 64.1 Å². The molecule has 96 valence electrons. The summed E-state index contributed by atoms with van der Waals surface area (Å²) in [5.41, 5.74) is 6.87. The second kappa shape index (κ2) is 5.65. The molecule has 3 unspecified atom stereocenters. The maximum Gasteiger partial charge on any atom is 0.0951 e. The van der Waals surface area contributed by atoms with E-state index in [4.69, 9.17) is 10.8 Å². The van der Waals surface area contributed by atoms with Gasteiger partial charge in [-0.25, -0.2) is 4.98 Å². The minimum Gasteiger partial charge on any atom is -0.394 e. The lowest BCUT2D eigenvalue weighted by Gasteiger charge is -2.31. The van der Waals surface area contributed by atoms with Crippen LogP contribution in [0.5, 0.6) is 0 Å². The van der Waals surface area contributed by atoms with Crippen LogP contribution < -0.4 is 5.73 Å². The van der Waals surface area contributed by atoms with Crippen molar-refractivity contribution >= 4 is 0 Å². The lowest BCUT2D eigenvalue weighted by atomic mass is 9.84. The van der Waals surface area contributed by atoms with Crippen LogP contribution >= 0.6 is 0 Å². The van der Waals surface area contributed by atoms with Gasteiger partial charge in [0.15, 0.2) is 0 Å². The minimum absolute atomic E-state index is 0.0182. The molecule has 0 spiro atoms. The summed E-state index contributed by atoms with van der Waals surface area (Å²) in [5, 5.41) is 9.16. The van der Waals surface area contributed by atoms with Gasteiger partial charge < -0.3 is 15.4 Å². The Labute approximate surface area is 103 Å². The molecule has 3 N–H and O–H groups in total. The summed E-state index contributed by atoms with van der Waals surface area (Å²) in [6.45, 7) is 2.25. The molecule has 4 nitrogen and oxygen atoms in total. The number of hydrogen-bond donors (Lipinski definition) is 2. The molecular weight excluding hydrogens is 214 g/mol. The van der Waals surface area contributed by atoms with Gasteiger partial charge in [-0.05, 0) is 18.8 Å². The smallest absolute Gasteiger partial charge is 0.0951 e. The van der Waals surface area contributed by atoms with E-state index in [2.05, 4.69) is 16.5 Å². The van der Waals surface area contributed by atoms with E-state index in [9.17, 15) is 0 Å². The van der Waals surface area contributed by atoms with E-state index in [1.165, 1.54) is 32.1 Å². The van der Waals surface area contributed by atoms with Crippen LogP contribution in [0.15, 0.2) is 12.5 Å². The van der Waals surface area contributed by atoms with Gasteiger partial charge in [-0.15, -0.1) is 0 Å². The highest BCUT2D eigenvalue weighted by molar-refractivity contribution is 5.06. The van der Waals surface area contributed by atoms with E-state index >= 15 is 0 Å². The summed E-state index contributed by atoms with van der Waals surface area (Å²) in [7, 11) is 0. The van der Waals surface area contributed by atoms with E-state index < -0.39 is 0 Å². The van der Waals surface area contributed by atoms with Crippen LogP contribution in [0.2, 0.25) is 0 Å². The van der Waals surface area contributed by atoms with E-state index in [0.717, 1.165) is 11.6 Å². The molecule has 1 aliphatic rings. The van der Waals surface area contributed by atoms with E-state index in [1.807, 2.05) is 6.33 Å². The predicted molar refractivity (Wildman–Crippen MR) is 67.5 cm³/mol. The third kappa shape index (κ3) is 2.69. The summed E-state index contributed by atoms with van der Waals surface area (Å²) in [6, 6.07) is 0.211. The standard InChI is InChI=1S/C13H23N3O/c1-2-10-4-3-5-11(6-10)16-9-15-7-13(16)12(14)8-17/h7,9-12,17H,2-6,8,14H2,1H3. The van der Waals surface area contributed by atoms with Crippen LogP contribution in [0.25, 0.3) is 0 Å². The van der Waals surface area contributed by atoms with E-state index in [-0.39, 0.29) is 12.6 Å². The maximum atomic E-state index is 9.16. The van der Waals surface area contributed by atoms with E-state index in [1.54, 1.807) is 6.20 Å². The van der Waals surface area contributed by atoms with Crippen molar-refractivity contribution in [2.75, 3.05) is 6.61 Å². The van der Waals surface area contributed by atoms with Crippen molar-refractivity contribution < 1.29 is 5.11 Å². The molecule has 3 atom stereocenters. The fourth-order valence-corrected chi connectivity index (χ4v) is 2.89. The number of imidazole rings is 1. The van der Waals surface area contributed by atoms with Gasteiger partial charge in [-0.1, -0.05) is 26.2 Å². The number of aromatic nitrogens is 2. The molecule has 0 amide bonds. The van der Waals surface area contributed by atoms with Crippen molar-refractivity contribution in [1.29, 1.82) is 0 Å². The van der Waals surface area contributed by atoms with Gasteiger partial charge >= 0.3 is 0 Å². The SMILES string of the molecule is CCC1CCCC(n2cncc2C(N)CO)C1. The number of hydrogen-bond acceptors (Lipinski definition) is 3. The first kappa shape index (κ1) is 12.6. The molecule has 1 aromatic rings. The quantitative estimate of drug-likeness (QED) is 0.842. The summed E-state index contributed by atoms with van der Waals surface area (Å²) >= 11 is 0. The van der Waals surface area contributed by atoms with Crippen LogP contribution in [0.1, 0.15) is 56.8 Å². The molecule has 0 aromatic carbocycles. The molecule has 0 bridgehead atoms. The fraction of sp³-hybridized carbons (Fsp3) is 0.769. The number of aliphatic hydroxyl groups excluding tert-OH is 1. The molecule has 0 radical (unpaired) electrons. The van der Waals surface area contributed by atoms with Crippen molar-refractivity contribution in [3.05, 3.63) is 18.2 Å². The average Bonchev–Trinajstić information content (AvgIpc) is 2.87. The predicted octanol–water partition coefficient (Wildman–Crippen LogP) is 2.02. The number of aliphatic hydroxyl groups is 1. The van der Waals surface area contributed by atoms with Crippen molar-refractivity contribution in [2.45, 2.75) is 51.1 Å². The van der Waals surface area contributed by atoms with Crippen LogP contribution in [-0.2, 0) is 0 Å². The molecule has 0 aliphatic heterocycles. The van der Waals surface area contributed by atoms with Crippen molar-refractivity contribution in [3.63, 3.8) is 0 Å². The molecule has 1 fully saturated rings. The Morgan fingerprint density at radius 2 is 2.41 bits per heavy atom. The van der Waals surface area contributed by atoms with Gasteiger partial charge in [0.25, 0.3) is 0 Å². The van der Waals surface area contributed by atoms with Gasteiger partial charge in [0, 0.05) is 12.2 Å². The zero-order valence-electron chi connectivity index (χ0n) is 10.5. The fourth-order valence-electron chi connectivity index (χ4n) is 2.89. The Hall–Kier alpha value is -0.870. The lowest BCUT2D eigenvalue weighted by molar-refractivity contribution is 0.238. The molecule has 2 rings (SSSR count). The molecule has 4 heteroatoms. The highest BCUT2D eigenvalue weighted by Crippen LogP contribution is 2.35. The van der Waals surface area contributed by atoms with Crippen molar-refractivity contribution in [2.24, 2.45) is 11.7 Å². The number of rotatable bonds is 4. The van der Waals surface area contributed by atoms with E-state index in [0.29, 0.717) is 6.04 Å².